The molecule has 0 radical (unpaired) electrons. The van der Waals surface area contributed by atoms with Gasteiger partial charge in [-0.15, -0.1) is 0 Å². The van der Waals surface area contributed by atoms with E-state index in [0.717, 1.165) is 16.9 Å². The summed E-state index contributed by atoms with van der Waals surface area (Å²) in [6.45, 7) is 9.33. The third-order valence-electron chi connectivity index (χ3n) is 5.31. The van der Waals surface area contributed by atoms with E-state index in [-0.39, 0.29) is 12.2 Å². The van der Waals surface area contributed by atoms with E-state index in [4.69, 9.17) is 14.6 Å². The van der Waals surface area contributed by atoms with Gasteiger partial charge >= 0.3 is 5.97 Å². The number of rotatable bonds is 6. The van der Waals surface area contributed by atoms with Crippen molar-refractivity contribution in [2.75, 3.05) is 6.61 Å². The molecule has 3 heterocycles. The molecular formula is C25H26N4O4. The molecule has 0 aliphatic rings. The zero-order valence-electron chi connectivity index (χ0n) is 19.3. The number of carbonyl (C=O) groups excluding carboxylic acids is 1. The molecule has 1 aromatic carbocycles. The molecule has 4 rings (SSSR count). The number of hydrogen-bond acceptors (Lipinski definition) is 6. The second-order valence-electron chi connectivity index (χ2n) is 7.88. The third-order valence-corrected chi connectivity index (χ3v) is 5.31. The molecule has 0 aliphatic carbocycles. The zero-order valence-corrected chi connectivity index (χ0v) is 19.3. The largest absolute Gasteiger partial charge is 0.475 e. The molecule has 0 saturated carbocycles. The van der Waals surface area contributed by atoms with Gasteiger partial charge in [0.2, 0.25) is 0 Å². The summed E-state index contributed by atoms with van der Waals surface area (Å²) in [5.74, 6) is -0.154. The Labute approximate surface area is 191 Å². The van der Waals surface area contributed by atoms with Crippen molar-refractivity contribution in [1.29, 1.82) is 0 Å². The van der Waals surface area contributed by atoms with Crippen molar-refractivity contribution in [3.63, 3.8) is 0 Å². The molecule has 8 heteroatoms. The number of aromatic nitrogens is 4. The maximum atomic E-state index is 13.5. The van der Waals surface area contributed by atoms with Crippen molar-refractivity contribution in [2.24, 2.45) is 0 Å². The van der Waals surface area contributed by atoms with Crippen molar-refractivity contribution in [2.45, 2.75) is 40.7 Å². The minimum absolute atomic E-state index is 0.261. The Morgan fingerprint density at radius 3 is 2.64 bits per heavy atom. The first kappa shape index (κ1) is 22.3. The fourth-order valence-corrected chi connectivity index (χ4v) is 3.75. The molecule has 170 valence electrons. The second-order valence-corrected chi connectivity index (χ2v) is 7.88. The van der Waals surface area contributed by atoms with Gasteiger partial charge in [0.05, 0.1) is 23.6 Å². The van der Waals surface area contributed by atoms with Crippen LogP contribution in [0, 0.1) is 20.8 Å². The van der Waals surface area contributed by atoms with Crippen LogP contribution in [0.1, 0.15) is 30.8 Å². The number of hydrogen-bond donors (Lipinski definition) is 0. The van der Waals surface area contributed by atoms with Crippen molar-refractivity contribution < 1.29 is 14.3 Å². The molecule has 0 bridgehead atoms. The summed E-state index contributed by atoms with van der Waals surface area (Å²) in [5, 5.41) is 4.71. The number of nitrogens with zero attached hydrogens (tertiary/aromatic N) is 4. The lowest BCUT2D eigenvalue weighted by Gasteiger charge is -2.15. The van der Waals surface area contributed by atoms with E-state index in [2.05, 4.69) is 4.98 Å². The van der Waals surface area contributed by atoms with Crippen LogP contribution in [-0.2, 0) is 9.53 Å². The van der Waals surface area contributed by atoms with Crippen molar-refractivity contribution >= 4 is 11.6 Å². The van der Waals surface area contributed by atoms with Gasteiger partial charge in [-0.25, -0.2) is 14.5 Å². The summed E-state index contributed by atoms with van der Waals surface area (Å²) in [6.07, 6.45) is 0.792. The molecule has 0 unspecified atom stereocenters. The van der Waals surface area contributed by atoms with E-state index >= 15 is 0 Å². The Morgan fingerprint density at radius 2 is 1.91 bits per heavy atom. The molecule has 0 aliphatic heterocycles. The molecule has 0 saturated heterocycles. The number of aryl methyl sites for hydroxylation is 3. The van der Waals surface area contributed by atoms with E-state index in [1.807, 2.05) is 48.9 Å². The number of ether oxygens (including phenoxy) is 2. The summed E-state index contributed by atoms with van der Waals surface area (Å²) in [4.78, 5) is 30.1. The molecule has 4 aromatic rings. The van der Waals surface area contributed by atoms with Crippen LogP contribution in [0.2, 0.25) is 0 Å². The number of fused-ring (bicyclic) bond motifs is 1. The highest BCUT2D eigenvalue weighted by Crippen LogP contribution is 2.24. The predicted octanol–water partition coefficient (Wildman–Crippen LogP) is 3.80. The molecule has 0 fully saturated rings. The molecule has 3 aromatic heterocycles. The average molecular weight is 447 g/mol. The van der Waals surface area contributed by atoms with E-state index in [1.54, 1.807) is 39.1 Å². The Morgan fingerprint density at radius 1 is 1.12 bits per heavy atom. The van der Waals surface area contributed by atoms with Gasteiger partial charge in [0, 0.05) is 11.9 Å². The molecule has 8 nitrogen and oxygen atoms in total. The minimum Gasteiger partial charge on any atom is -0.475 e. The predicted molar refractivity (Wildman–Crippen MR) is 125 cm³/mol. The second kappa shape index (κ2) is 8.90. The number of benzene rings is 1. The highest BCUT2D eigenvalue weighted by atomic mass is 16.6. The number of pyridine rings is 1. The number of carbonyl (C=O) groups is 1. The van der Waals surface area contributed by atoms with Crippen LogP contribution >= 0.6 is 0 Å². The summed E-state index contributed by atoms with van der Waals surface area (Å²) in [5.41, 5.74) is 4.50. The highest BCUT2D eigenvalue weighted by molar-refractivity contribution is 5.75. The normalized spacial score (nSPS) is 12.0. The molecule has 0 N–H and O–H groups in total. The summed E-state index contributed by atoms with van der Waals surface area (Å²) >= 11 is 0. The average Bonchev–Trinajstić information content (AvgIpc) is 3.15. The Bertz CT molecular complexity index is 1400. The van der Waals surface area contributed by atoms with Gasteiger partial charge in [0.15, 0.2) is 17.5 Å². The maximum Gasteiger partial charge on any atom is 0.347 e. The van der Waals surface area contributed by atoms with Gasteiger partial charge < -0.3 is 9.47 Å². The minimum atomic E-state index is -0.833. The lowest BCUT2D eigenvalue weighted by molar-refractivity contribution is -0.150. The van der Waals surface area contributed by atoms with Crippen LogP contribution in [0.5, 0.6) is 5.75 Å². The first-order valence-corrected chi connectivity index (χ1v) is 10.8. The van der Waals surface area contributed by atoms with Crippen molar-refractivity contribution in [1.82, 2.24) is 19.2 Å². The van der Waals surface area contributed by atoms with E-state index in [9.17, 15) is 9.59 Å². The molecule has 0 amide bonds. The van der Waals surface area contributed by atoms with Crippen LogP contribution in [-0.4, -0.2) is 37.8 Å². The van der Waals surface area contributed by atoms with Gasteiger partial charge in [0.1, 0.15) is 5.69 Å². The topological polar surface area (TPSA) is 87.7 Å². The monoisotopic (exact) mass is 446 g/mol. The molecule has 33 heavy (non-hydrogen) atoms. The lowest BCUT2D eigenvalue weighted by Crippen LogP contribution is -2.27. The lowest BCUT2D eigenvalue weighted by atomic mass is 10.1. The van der Waals surface area contributed by atoms with Crippen molar-refractivity contribution in [3.8, 4) is 22.7 Å². The van der Waals surface area contributed by atoms with Gasteiger partial charge in [0.25, 0.3) is 5.56 Å². The molecular weight excluding hydrogens is 420 g/mol. The first-order chi connectivity index (χ1) is 15.8. The molecule has 0 spiro atoms. The Balaban J connectivity index is 1.79. The smallest absolute Gasteiger partial charge is 0.347 e. The van der Waals surface area contributed by atoms with E-state index < -0.39 is 12.1 Å². The Hall–Kier alpha value is -3.94. The summed E-state index contributed by atoms with van der Waals surface area (Å²) in [6, 6.07) is 13.2. The number of esters is 1. The highest BCUT2D eigenvalue weighted by Gasteiger charge is 2.21. The fourth-order valence-electron chi connectivity index (χ4n) is 3.75. The van der Waals surface area contributed by atoms with E-state index in [1.165, 1.54) is 4.40 Å². The summed E-state index contributed by atoms with van der Waals surface area (Å²) < 4.78 is 14.0. The third kappa shape index (κ3) is 4.24. The Kier molecular flexibility index (Phi) is 6.00. The van der Waals surface area contributed by atoms with Crippen LogP contribution in [0.15, 0.2) is 53.5 Å². The van der Waals surface area contributed by atoms with Crippen molar-refractivity contribution in [3.05, 3.63) is 76.0 Å². The zero-order chi connectivity index (χ0) is 23.7. The van der Waals surface area contributed by atoms with Gasteiger partial charge in [-0.1, -0.05) is 12.1 Å². The summed E-state index contributed by atoms with van der Waals surface area (Å²) in [7, 11) is 0. The van der Waals surface area contributed by atoms with Crippen LogP contribution in [0.25, 0.3) is 22.6 Å². The quantitative estimate of drug-likeness (QED) is 0.419. The maximum absolute atomic E-state index is 13.5. The fraction of sp³-hybridized carbons (Fsp3) is 0.280. The van der Waals surface area contributed by atoms with Gasteiger partial charge in [-0.2, -0.15) is 5.10 Å². The van der Waals surface area contributed by atoms with E-state index in [0.29, 0.717) is 28.3 Å². The standard InChI is InChI=1S/C25H26N4O4/c1-6-32-25(31)18(5)33-21-11-8-12-28-23(21)26-17(4)22(24(28)30)20-14-16(3)29(27-20)19-10-7-9-15(2)13-19/h7-14,18H,6H2,1-5H3/t18-/m1/s1. The van der Waals surface area contributed by atoms with Gasteiger partial charge in [-0.05, 0) is 70.5 Å². The molecule has 1 atom stereocenters. The first-order valence-electron chi connectivity index (χ1n) is 10.8. The SMILES string of the molecule is CCOC(=O)[C@@H](C)Oc1cccn2c(=O)c(-c3cc(C)n(-c4cccc(C)c4)n3)c(C)nc12. The van der Waals surface area contributed by atoms with Gasteiger partial charge in [-0.3, -0.25) is 9.20 Å². The van der Waals surface area contributed by atoms with Crippen LogP contribution in [0.3, 0.4) is 0 Å². The van der Waals surface area contributed by atoms with Crippen LogP contribution in [0.4, 0.5) is 0 Å². The van der Waals surface area contributed by atoms with Crippen LogP contribution < -0.4 is 10.3 Å².